The summed E-state index contributed by atoms with van der Waals surface area (Å²) in [5.41, 5.74) is 2.50. The van der Waals surface area contributed by atoms with Gasteiger partial charge in [-0.05, 0) is 19.1 Å². The number of halogens is 1. The summed E-state index contributed by atoms with van der Waals surface area (Å²) < 4.78 is 5.85. The van der Waals surface area contributed by atoms with Gasteiger partial charge in [-0.25, -0.2) is 9.97 Å². The molecule has 0 fully saturated rings. The summed E-state index contributed by atoms with van der Waals surface area (Å²) in [5, 5.41) is 4.29. The second kappa shape index (κ2) is 5.45. The molecule has 100 valence electrons. The van der Waals surface area contributed by atoms with Crippen LogP contribution in [0.25, 0.3) is 22.1 Å². The quantitative estimate of drug-likeness (QED) is 0.757. The fraction of sp³-hybridized carbons (Fsp3) is 0.286. The lowest BCUT2D eigenvalue weighted by atomic mass is 10.2. The third-order valence-electron chi connectivity index (χ3n) is 2.93. The Morgan fingerprint density at radius 2 is 2.00 bits per heavy atom. The van der Waals surface area contributed by atoms with Gasteiger partial charge in [-0.1, -0.05) is 19.1 Å². The number of nitrogens with one attached hydrogen (secondary N) is 1. The van der Waals surface area contributed by atoms with Crippen molar-refractivity contribution in [2.75, 3.05) is 11.9 Å². The van der Waals surface area contributed by atoms with Gasteiger partial charge in [0.05, 0.1) is 0 Å². The van der Waals surface area contributed by atoms with Crippen molar-refractivity contribution in [2.24, 2.45) is 0 Å². The first-order valence-electron chi connectivity index (χ1n) is 6.25. The van der Waals surface area contributed by atoms with E-state index in [1.807, 2.05) is 31.2 Å². The van der Waals surface area contributed by atoms with Crippen LogP contribution in [-0.2, 0) is 6.42 Å². The van der Waals surface area contributed by atoms with E-state index in [0.29, 0.717) is 0 Å². The fourth-order valence-electron chi connectivity index (χ4n) is 2.08. The maximum atomic E-state index is 5.85. The number of fused-ring (bicyclic) bond motifs is 3. The predicted octanol–water partition coefficient (Wildman–Crippen LogP) is 0.487. The Hall–Kier alpha value is -1.81. The molecule has 3 rings (SSSR count). The average Bonchev–Trinajstić information content (AvgIpc) is 2.78. The molecule has 2 heterocycles. The van der Waals surface area contributed by atoms with E-state index in [1.165, 1.54) is 0 Å². The Bertz CT molecular complexity index is 714. The van der Waals surface area contributed by atoms with Crippen molar-refractivity contribution in [2.45, 2.75) is 20.3 Å². The minimum Gasteiger partial charge on any atom is -1.00 e. The van der Waals surface area contributed by atoms with Gasteiger partial charge < -0.3 is 22.1 Å². The molecule has 19 heavy (non-hydrogen) atoms. The van der Waals surface area contributed by atoms with Gasteiger partial charge in [0.25, 0.3) is 0 Å². The summed E-state index contributed by atoms with van der Waals surface area (Å²) >= 11 is 0. The van der Waals surface area contributed by atoms with E-state index < -0.39 is 0 Å². The van der Waals surface area contributed by atoms with Crippen molar-refractivity contribution >= 4 is 27.9 Å². The number of rotatable bonds is 3. The molecule has 0 atom stereocenters. The molecular weight excluding hydrogens is 262 g/mol. The van der Waals surface area contributed by atoms with Gasteiger partial charge >= 0.3 is 1.43 Å². The van der Waals surface area contributed by atoms with Gasteiger partial charge in [-0.2, -0.15) is 0 Å². The summed E-state index contributed by atoms with van der Waals surface area (Å²) in [6.07, 6.45) is 0.813. The highest BCUT2D eigenvalue weighted by Gasteiger charge is 2.14. The van der Waals surface area contributed by atoms with E-state index in [1.54, 1.807) is 0 Å². The molecular formula is C14H16ClN3O. The van der Waals surface area contributed by atoms with Crippen LogP contribution in [0.4, 0.5) is 5.82 Å². The summed E-state index contributed by atoms with van der Waals surface area (Å²) in [5.74, 6) is 1.63. The SMILES string of the molecule is CCNc1nc(CC)nc2c1oc1ccccc12.[Cl-].[H+]. The largest absolute Gasteiger partial charge is 1.00 e. The first-order valence-corrected chi connectivity index (χ1v) is 6.25. The van der Waals surface area contributed by atoms with Crippen LogP contribution in [0.3, 0.4) is 0 Å². The number of furan rings is 1. The minimum atomic E-state index is 0. The molecule has 0 saturated heterocycles. The molecule has 0 aliphatic rings. The molecule has 0 spiro atoms. The van der Waals surface area contributed by atoms with Crippen LogP contribution in [0, 0.1) is 0 Å². The molecule has 4 nitrogen and oxygen atoms in total. The van der Waals surface area contributed by atoms with Crippen molar-refractivity contribution in [3.8, 4) is 0 Å². The normalized spacial score (nSPS) is 10.6. The molecule has 0 bridgehead atoms. The number of anilines is 1. The third kappa shape index (κ3) is 2.24. The summed E-state index contributed by atoms with van der Waals surface area (Å²) in [6.45, 7) is 4.91. The lowest BCUT2D eigenvalue weighted by Crippen LogP contribution is -3.00. The molecule has 0 amide bonds. The van der Waals surface area contributed by atoms with Gasteiger partial charge in [-0.15, -0.1) is 0 Å². The lowest BCUT2D eigenvalue weighted by molar-refractivity contribution is -0.00000429. The van der Waals surface area contributed by atoms with Crippen LogP contribution in [0.5, 0.6) is 0 Å². The highest BCUT2D eigenvalue weighted by Crippen LogP contribution is 2.30. The maximum Gasteiger partial charge on any atom is 1.00 e. The molecule has 1 aromatic carbocycles. The number of aryl methyl sites for hydroxylation is 1. The van der Waals surface area contributed by atoms with Gasteiger partial charge in [0.1, 0.15) is 16.9 Å². The van der Waals surface area contributed by atoms with E-state index in [9.17, 15) is 0 Å². The zero-order chi connectivity index (χ0) is 12.5. The van der Waals surface area contributed by atoms with Gasteiger partial charge in [0.2, 0.25) is 0 Å². The average molecular weight is 278 g/mol. The first kappa shape index (κ1) is 13.6. The van der Waals surface area contributed by atoms with E-state index >= 15 is 0 Å². The van der Waals surface area contributed by atoms with Gasteiger partial charge in [0, 0.05) is 18.4 Å². The number of hydrogen-bond donors (Lipinski definition) is 1. The number of para-hydroxylation sites is 1. The molecule has 0 saturated carbocycles. The van der Waals surface area contributed by atoms with Crippen LogP contribution in [0.2, 0.25) is 0 Å². The molecule has 1 N–H and O–H groups in total. The monoisotopic (exact) mass is 277 g/mol. The van der Waals surface area contributed by atoms with Crippen LogP contribution in [-0.4, -0.2) is 16.5 Å². The fourth-order valence-corrected chi connectivity index (χ4v) is 2.08. The van der Waals surface area contributed by atoms with Crippen LogP contribution < -0.4 is 17.7 Å². The van der Waals surface area contributed by atoms with Crippen LogP contribution >= 0.6 is 0 Å². The van der Waals surface area contributed by atoms with E-state index in [0.717, 1.165) is 46.7 Å². The molecule has 0 aliphatic carbocycles. The van der Waals surface area contributed by atoms with Gasteiger partial charge in [0.15, 0.2) is 11.4 Å². The summed E-state index contributed by atoms with van der Waals surface area (Å²) in [4.78, 5) is 9.07. The second-order valence-corrected chi connectivity index (χ2v) is 4.15. The van der Waals surface area contributed by atoms with Crippen molar-refractivity contribution in [3.63, 3.8) is 0 Å². The minimum absolute atomic E-state index is 0. The van der Waals surface area contributed by atoms with Crippen LogP contribution in [0.1, 0.15) is 21.1 Å². The van der Waals surface area contributed by atoms with Crippen molar-refractivity contribution in [1.29, 1.82) is 0 Å². The zero-order valence-electron chi connectivity index (χ0n) is 11.9. The molecule has 0 unspecified atom stereocenters. The molecule has 5 heteroatoms. The maximum absolute atomic E-state index is 5.85. The highest BCUT2D eigenvalue weighted by atomic mass is 35.5. The zero-order valence-corrected chi connectivity index (χ0v) is 11.7. The van der Waals surface area contributed by atoms with Crippen molar-refractivity contribution in [1.82, 2.24) is 9.97 Å². The van der Waals surface area contributed by atoms with Crippen molar-refractivity contribution in [3.05, 3.63) is 30.1 Å². The summed E-state index contributed by atoms with van der Waals surface area (Å²) in [7, 11) is 0. The number of benzene rings is 1. The first-order chi connectivity index (χ1) is 8.83. The standard InChI is InChI=1S/C14H15N3O.ClH/c1-3-11-16-12-9-7-5-6-8-10(9)18-13(12)14(17-11)15-4-2;/h5-8H,3-4H2,1-2H3,(H,15,16,17);1H. The highest BCUT2D eigenvalue weighted by molar-refractivity contribution is 6.05. The second-order valence-electron chi connectivity index (χ2n) is 4.15. The number of aromatic nitrogens is 2. The topological polar surface area (TPSA) is 51.0 Å². The molecule has 3 aromatic rings. The van der Waals surface area contributed by atoms with E-state index in [4.69, 9.17) is 4.42 Å². The summed E-state index contributed by atoms with van der Waals surface area (Å²) in [6, 6.07) is 7.95. The van der Waals surface area contributed by atoms with E-state index in [-0.39, 0.29) is 13.8 Å². The Balaban J connectivity index is 0.000001000. The number of hydrogen-bond acceptors (Lipinski definition) is 4. The van der Waals surface area contributed by atoms with Crippen molar-refractivity contribution < 1.29 is 18.3 Å². The smallest absolute Gasteiger partial charge is 1.00 e. The third-order valence-corrected chi connectivity index (χ3v) is 2.93. The molecule has 2 aromatic heterocycles. The predicted molar refractivity (Wildman–Crippen MR) is 74.0 cm³/mol. The van der Waals surface area contributed by atoms with Crippen LogP contribution in [0.15, 0.2) is 28.7 Å². The Labute approximate surface area is 119 Å². The molecule has 0 aliphatic heterocycles. The Morgan fingerprint density at radius 1 is 1.21 bits per heavy atom. The Kier molecular flexibility index (Phi) is 3.90. The molecule has 0 radical (unpaired) electrons. The van der Waals surface area contributed by atoms with Gasteiger partial charge in [-0.3, -0.25) is 0 Å². The van der Waals surface area contributed by atoms with E-state index in [2.05, 4.69) is 22.2 Å². The Morgan fingerprint density at radius 3 is 2.74 bits per heavy atom. The lowest BCUT2D eigenvalue weighted by Gasteiger charge is -2.04. The number of nitrogens with zero attached hydrogens (tertiary/aromatic N) is 2.